The van der Waals surface area contributed by atoms with E-state index in [1.807, 2.05) is 12.1 Å². The largest absolute Gasteiger partial charge is 1.00 e. The molecule has 6 heteroatoms. The van der Waals surface area contributed by atoms with Gasteiger partial charge in [0.25, 0.3) is 10.3 Å². The molecule has 0 aliphatic heterocycles. The molecule has 0 spiro atoms. The summed E-state index contributed by atoms with van der Waals surface area (Å²) in [6.07, 6.45) is 0. The Morgan fingerprint density at radius 1 is 0.727 bits per heavy atom. The average molecular weight is 348 g/mol. The summed E-state index contributed by atoms with van der Waals surface area (Å²) in [5, 5.41) is 2.13. The van der Waals surface area contributed by atoms with E-state index in [-0.39, 0.29) is 12.4 Å². The first-order chi connectivity index (χ1) is 10.1. The molecule has 0 N–H and O–H groups in total. The third-order valence-corrected chi connectivity index (χ3v) is 6.11. The van der Waals surface area contributed by atoms with Crippen LogP contribution in [-0.2, 0) is 0 Å². The van der Waals surface area contributed by atoms with Gasteiger partial charge < -0.3 is 12.4 Å². The molecule has 22 heavy (non-hydrogen) atoms. The highest BCUT2D eigenvalue weighted by molar-refractivity contribution is 7.23. The van der Waals surface area contributed by atoms with Crippen LogP contribution in [0.4, 0.5) is 10.3 Å². The minimum absolute atomic E-state index is 0. The van der Waals surface area contributed by atoms with Crippen molar-refractivity contribution in [3.8, 4) is 0 Å². The van der Waals surface area contributed by atoms with E-state index in [0.29, 0.717) is 4.48 Å². The zero-order valence-electron chi connectivity index (χ0n) is 12.2. The van der Waals surface area contributed by atoms with Crippen molar-refractivity contribution in [2.45, 2.75) is 0 Å². The van der Waals surface area contributed by atoms with Gasteiger partial charge in [-0.25, -0.2) is 4.48 Å². The molecule has 0 atom stereocenters. The molecule has 0 radical (unpaired) electrons. The predicted octanol–water partition coefficient (Wildman–Crippen LogP) is 1.81. The van der Waals surface area contributed by atoms with E-state index in [4.69, 9.17) is 9.97 Å². The van der Waals surface area contributed by atoms with Gasteiger partial charge in [0.05, 0.1) is 34.5 Å². The quantitative estimate of drug-likeness (QED) is 0.517. The van der Waals surface area contributed by atoms with Crippen LogP contribution in [0.5, 0.6) is 0 Å². The van der Waals surface area contributed by atoms with Crippen LogP contribution in [0.15, 0.2) is 48.5 Å². The third-order valence-electron chi connectivity index (χ3n) is 3.52. The summed E-state index contributed by atoms with van der Waals surface area (Å²) in [6, 6.07) is 16.5. The van der Waals surface area contributed by atoms with Crippen LogP contribution >= 0.6 is 22.7 Å². The lowest BCUT2D eigenvalue weighted by molar-refractivity contribution is -0.00000412. The third kappa shape index (κ3) is 2.40. The van der Waals surface area contributed by atoms with Gasteiger partial charge in [-0.15, -0.1) is 0 Å². The normalized spacial score (nSPS) is 11.7. The molecule has 0 saturated carbocycles. The molecule has 2 aromatic carbocycles. The maximum atomic E-state index is 4.79. The number of nitrogens with zero attached hydrogens (tertiary/aromatic N) is 3. The van der Waals surface area contributed by atoms with Gasteiger partial charge in [-0.2, -0.15) is 9.97 Å². The number of hydrogen-bond donors (Lipinski definition) is 0. The van der Waals surface area contributed by atoms with Gasteiger partial charge in [-0.05, 0) is 24.3 Å². The summed E-state index contributed by atoms with van der Waals surface area (Å²) < 4.78 is 3.03. The summed E-state index contributed by atoms with van der Waals surface area (Å²) in [7, 11) is 4.30. The van der Waals surface area contributed by atoms with Gasteiger partial charge in [0.1, 0.15) is 0 Å². The molecular weight excluding hydrogens is 334 g/mol. The van der Waals surface area contributed by atoms with Gasteiger partial charge in [0.15, 0.2) is 0 Å². The van der Waals surface area contributed by atoms with Crippen molar-refractivity contribution < 1.29 is 12.4 Å². The minimum atomic E-state index is 0. The Balaban J connectivity index is 0.00000144. The summed E-state index contributed by atoms with van der Waals surface area (Å²) in [5.74, 6) is 0. The molecule has 112 valence electrons. The summed E-state index contributed by atoms with van der Waals surface area (Å²) in [5.41, 5.74) is 2.12. The van der Waals surface area contributed by atoms with E-state index in [1.54, 1.807) is 22.7 Å². The Morgan fingerprint density at radius 2 is 1.14 bits per heavy atom. The van der Waals surface area contributed by atoms with Crippen LogP contribution < -0.4 is 16.9 Å². The van der Waals surface area contributed by atoms with E-state index in [9.17, 15) is 0 Å². The van der Waals surface area contributed by atoms with E-state index in [0.717, 1.165) is 21.3 Å². The number of quaternary nitrogens is 1. The minimum Gasteiger partial charge on any atom is -1.00 e. The number of rotatable bonds is 2. The van der Waals surface area contributed by atoms with E-state index < -0.39 is 0 Å². The molecule has 0 saturated heterocycles. The maximum absolute atomic E-state index is 4.79. The number of thiazole rings is 2. The molecule has 4 aromatic rings. The number of para-hydroxylation sites is 2. The van der Waals surface area contributed by atoms with Gasteiger partial charge >= 0.3 is 0 Å². The first kappa shape index (κ1) is 15.4. The van der Waals surface area contributed by atoms with Crippen molar-refractivity contribution >= 4 is 53.4 Å². The Kier molecular flexibility index (Phi) is 3.91. The van der Waals surface area contributed by atoms with Crippen molar-refractivity contribution in [1.29, 1.82) is 0 Å². The highest BCUT2D eigenvalue weighted by Gasteiger charge is 2.30. The fraction of sp³-hybridized carbons (Fsp3) is 0.125. The SMILES string of the molecule is C[N+](C)(c1nc2ccccc2s1)c1nc2ccccc2s1.[Cl-]. The van der Waals surface area contributed by atoms with Crippen LogP contribution in [-0.4, -0.2) is 24.1 Å². The zero-order valence-corrected chi connectivity index (χ0v) is 14.5. The molecule has 4 rings (SSSR count). The predicted molar refractivity (Wildman–Crippen MR) is 92.5 cm³/mol. The second-order valence-corrected chi connectivity index (χ2v) is 7.40. The van der Waals surface area contributed by atoms with Crippen molar-refractivity contribution in [2.75, 3.05) is 14.1 Å². The lowest BCUT2D eigenvalue weighted by atomic mass is 10.3. The Morgan fingerprint density at radius 3 is 1.55 bits per heavy atom. The molecular formula is C16H14ClN3S2. The Labute approximate surface area is 142 Å². The van der Waals surface area contributed by atoms with Crippen molar-refractivity contribution in [1.82, 2.24) is 14.5 Å². The van der Waals surface area contributed by atoms with Crippen molar-refractivity contribution in [3.05, 3.63) is 48.5 Å². The smallest absolute Gasteiger partial charge is 0.293 e. The van der Waals surface area contributed by atoms with Crippen molar-refractivity contribution in [3.63, 3.8) is 0 Å². The van der Waals surface area contributed by atoms with E-state index in [1.165, 1.54) is 9.40 Å². The monoisotopic (exact) mass is 347 g/mol. The number of aromatic nitrogens is 2. The van der Waals surface area contributed by atoms with Crippen molar-refractivity contribution in [2.24, 2.45) is 0 Å². The molecule has 0 aliphatic carbocycles. The maximum Gasteiger partial charge on any atom is 0.293 e. The average Bonchev–Trinajstić information content (AvgIpc) is 3.11. The molecule has 3 nitrogen and oxygen atoms in total. The summed E-state index contributed by atoms with van der Waals surface area (Å²) in [4.78, 5) is 9.58. The molecule has 0 bridgehead atoms. The molecule has 0 aliphatic rings. The lowest BCUT2D eigenvalue weighted by Crippen LogP contribution is -3.00. The summed E-state index contributed by atoms with van der Waals surface area (Å²) in [6.45, 7) is 0. The van der Waals surface area contributed by atoms with Gasteiger partial charge in [0, 0.05) is 0 Å². The van der Waals surface area contributed by atoms with Gasteiger partial charge in [-0.1, -0.05) is 46.9 Å². The Hall–Kier alpha value is -1.53. The number of benzene rings is 2. The lowest BCUT2D eigenvalue weighted by Gasteiger charge is -2.21. The zero-order chi connectivity index (χ0) is 14.4. The van der Waals surface area contributed by atoms with Gasteiger partial charge in [0.2, 0.25) is 0 Å². The first-order valence-corrected chi connectivity index (χ1v) is 8.34. The van der Waals surface area contributed by atoms with E-state index >= 15 is 0 Å². The molecule has 2 aromatic heterocycles. The number of hydrogen-bond acceptors (Lipinski definition) is 4. The second kappa shape index (κ2) is 5.59. The first-order valence-electron chi connectivity index (χ1n) is 6.71. The van der Waals surface area contributed by atoms with E-state index in [2.05, 4.69) is 50.5 Å². The number of halogens is 1. The van der Waals surface area contributed by atoms with Crippen LogP contribution in [0.2, 0.25) is 0 Å². The highest BCUT2D eigenvalue weighted by Crippen LogP contribution is 2.40. The molecule has 0 amide bonds. The van der Waals surface area contributed by atoms with Crippen LogP contribution in [0.25, 0.3) is 20.4 Å². The topological polar surface area (TPSA) is 25.8 Å². The highest BCUT2D eigenvalue weighted by atomic mass is 35.5. The standard InChI is InChI=1S/C16H14N3S2.ClH/c1-19(2,15-17-11-7-3-5-9-13(11)20-15)16-18-12-8-4-6-10-14(12)21-16;/h3-10H,1-2H3;1H/q+1;/p-1. The fourth-order valence-electron chi connectivity index (χ4n) is 2.28. The van der Waals surface area contributed by atoms with Crippen LogP contribution in [0.1, 0.15) is 0 Å². The number of fused-ring (bicyclic) bond motifs is 2. The Bertz CT molecular complexity index is 801. The van der Waals surface area contributed by atoms with Crippen LogP contribution in [0, 0.1) is 0 Å². The molecule has 0 fully saturated rings. The summed E-state index contributed by atoms with van der Waals surface area (Å²) >= 11 is 3.47. The second-order valence-electron chi connectivity index (χ2n) is 5.38. The molecule has 2 heterocycles. The molecule has 0 unspecified atom stereocenters. The van der Waals surface area contributed by atoms with Gasteiger partial charge in [-0.3, -0.25) is 0 Å². The fourth-order valence-corrected chi connectivity index (χ4v) is 4.38. The van der Waals surface area contributed by atoms with Crippen LogP contribution in [0.3, 0.4) is 0 Å².